The van der Waals surface area contributed by atoms with E-state index in [2.05, 4.69) is 25.7 Å². The Balaban J connectivity index is 1.55. The van der Waals surface area contributed by atoms with Crippen molar-refractivity contribution in [1.82, 2.24) is 25.7 Å². The van der Waals surface area contributed by atoms with Gasteiger partial charge in [0.25, 0.3) is 5.91 Å². The number of hydrogen-bond acceptors (Lipinski definition) is 6. The van der Waals surface area contributed by atoms with Crippen LogP contribution in [0.1, 0.15) is 47.1 Å². The van der Waals surface area contributed by atoms with Crippen LogP contribution in [0, 0.1) is 19.8 Å². The summed E-state index contributed by atoms with van der Waals surface area (Å²) in [6, 6.07) is 1.89. The molecule has 22 heavy (non-hydrogen) atoms. The quantitative estimate of drug-likeness (QED) is 0.922. The van der Waals surface area contributed by atoms with E-state index in [9.17, 15) is 4.79 Å². The first-order valence-corrected chi connectivity index (χ1v) is 7.50. The highest BCUT2D eigenvalue weighted by Crippen LogP contribution is 2.28. The lowest BCUT2D eigenvalue weighted by Gasteiger charge is -2.13. The molecule has 1 aliphatic rings. The summed E-state index contributed by atoms with van der Waals surface area (Å²) in [6.07, 6.45) is 5.28. The van der Waals surface area contributed by atoms with Gasteiger partial charge in [-0.05, 0) is 38.2 Å². The fourth-order valence-electron chi connectivity index (χ4n) is 2.96. The van der Waals surface area contributed by atoms with Crippen LogP contribution >= 0.6 is 0 Å². The van der Waals surface area contributed by atoms with Crippen LogP contribution in [0.5, 0.6) is 0 Å². The molecule has 3 rings (SSSR count). The van der Waals surface area contributed by atoms with Gasteiger partial charge in [-0.1, -0.05) is 0 Å². The SMILES string of the molecule is Cc1nnc(C[C@@H]2CC[C@H](NC(=O)c3ccnnc3C)C2)o1. The molecule has 0 saturated heterocycles. The van der Waals surface area contributed by atoms with Gasteiger partial charge < -0.3 is 9.73 Å². The van der Waals surface area contributed by atoms with E-state index in [1.807, 2.05) is 0 Å². The van der Waals surface area contributed by atoms with Gasteiger partial charge in [-0.15, -0.1) is 10.2 Å². The molecule has 1 N–H and O–H groups in total. The Labute approximate surface area is 128 Å². The maximum Gasteiger partial charge on any atom is 0.253 e. The highest BCUT2D eigenvalue weighted by atomic mass is 16.4. The summed E-state index contributed by atoms with van der Waals surface area (Å²) in [5, 5.41) is 18.6. The third-order valence-electron chi connectivity index (χ3n) is 4.06. The second-order valence-corrected chi connectivity index (χ2v) is 5.80. The average Bonchev–Trinajstić information content (AvgIpc) is 3.09. The molecule has 1 amide bonds. The molecule has 0 radical (unpaired) electrons. The predicted octanol–water partition coefficient (Wildman–Crippen LogP) is 1.62. The van der Waals surface area contributed by atoms with Crippen LogP contribution in [-0.2, 0) is 6.42 Å². The van der Waals surface area contributed by atoms with Crippen molar-refractivity contribution >= 4 is 5.91 Å². The van der Waals surface area contributed by atoms with Crippen molar-refractivity contribution in [3.63, 3.8) is 0 Å². The van der Waals surface area contributed by atoms with Crippen LogP contribution in [0.4, 0.5) is 0 Å². The summed E-state index contributed by atoms with van der Waals surface area (Å²) >= 11 is 0. The van der Waals surface area contributed by atoms with E-state index in [0.29, 0.717) is 29.0 Å². The van der Waals surface area contributed by atoms with Gasteiger partial charge in [0.15, 0.2) is 0 Å². The van der Waals surface area contributed by atoms with E-state index >= 15 is 0 Å². The van der Waals surface area contributed by atoms with Gasteiger partial charge in [-0.3, -0.25) is 4.79 Å². The molecule has 116 valence electrons. The van der Waals surface area contributed by atoms with Gasteiger partial charge >= 0.3 is 0 Å². The first-order chi connectivity index (χ1) is 10.6. The summed E-state index contributed by atoms with van der Waals surface area (Å²) in [5.41, 5.74) is 1.24. The largest absolute Gasteiger partial charge is 0.426 e. The molecule has 0 aromatic carbocycles. The minimum Gasteiger partial charge on any atom is -0.426 e. The molecule has 2 aromatic rings. The van der Waals surface area contributed by atoms with E-state index in [0.717, 1.165) is 25.7 Å². The van der Waals surface area contributed by atoms with Gasteiger partial charge in [0.05, 0.1) is 17.5 Å². The van der Waals surface area contributed by atoms with Crippen LogP contribution in [-0.4, -0.2) is 32.3 Å². The van der Waals surface area contributed by atoms with Crippen LogP contribution in [0.25, 0.3) is 0 Å². The Bertz CT molecular complexity index is 669. The summed E-state index contributed by atoms with van der Waals surface area (Å²) in [6.45, 7) is 3.58. The Kier molecular flexibility index (Phi) is 4.13. The van der Waals surface area contributed by atoms with Crippen LogP contribution in [0.2, 0.25) is 0 Å². The topological polar surface area (TPSA) is 93.8 Å². The van der Waals surface area contributed by atoms with Gasteiger partial charge in [-0.2, -0.15) is 10.2 Å². The monoisotopic (exact) mass is 301 g/mol. The highest BCUT2D eigenvalue weighted by Gasteiger charge is 2.28. The summed E-state index contributed by atoms with van der Waals surface area (Å²) in [4.78, 5) is 12.3. The lowest BCUT2D eigenvalue weighted by molar-refractivity contribution is 0.0936. The highest BCUT2D eigenvalue weighted by molar-refractivity contribution is 5.95. The van der Waals surface area contributed by atoms with Crippen LogP contribution in [0.15, 0.2) is 16.7 Å². The molecule has 2 aromatic heterocycles. The maximum absolute atomic E-state index is 12.3. The zero-order chi connectivity index (χ0) is 15.5. The molecular weight excluding hydrogens is 282 g/mol. The number of hydrogen-bond donors (Lipinski definition) is 1. The number of nitrogens with one attached hydrogen (secondary N) is 1. The molecule has 0 unspecified atom stereocenters. The predicted molar refractivity (Wildman–Crippen MR) is 78.1 cm³/mol. The lowest BCUT2D eigenvalue weighted by Crippen LogP contribution is -2.33. The number of aromatic nitrogens is 4. The maximum atomic E-state index is 12.3. The van der Waals surface area contributed by atoms with Crippen molar-refractivity contribution in [3.8, 4) is 0 Å². The standard InChI is InChI=1S/C15H19N5O2/c1-9-13(5-6-16-18-9)15(21)17-12-4-3-11(7-12)8-14-20-19-10(2)22-14/h5-6,11-12H,3-4,7-8H2,1-2H3,(H,17,21)/t11-,12+/m1/s1. The molecule has 1 fully saturated rings. The van der Waals surface area contributed by atoms with Crippen molar-refractivity contribution in [2.75, 3.05) is 0 Å². The Hall–Kier alpha value is -2.31. The van der Waals surface area contributed by atoms with Gasteiger partial charge in [0.1, 0.15) is 0 Å². The molecule has 0 spiro atoms. The van der Waals surface area contributed by atoms with E-state index in [1.165, 1.54) is 6.20 Å². The van der Waals surface area contributed by atoms with Gasteiger partial charge in [0, 0.05) is 19.4 Å². The smallest absolute Gasteiger partial charge is 0.253 e. The minimum atomic E-state index is -0.0771. The van der Waals surface area contributed by atoms with Crippen molar-refractivity contribution in [1.29, 1.82) is 0 Å². The fraction of sp³-hybridized carbons (Fsp3) is 0.533. The van der Waals surface area contributed by atoms with Crippen molar-refractivity contribution < 1.29 is 9.21 Å². The molecular formula is C15H19N5O2. The Morgan fingerprint density at radius 1 is 1.32 bits per heavy atom. The Morgan fingerprint density at radius 2 is 2.18 bits per heavy atom. The third kappa shape index (κ3) is 3.29. The normalized spacial score (nSPS) is 21.0. The van der Waals surface area contributed by atoms with Gasteiger partial charge in [0.2, 0.25) is 11.8 Å². The molecule has 0 bridgehead atoms. The number of carbonyl (C=O) groups is 1. The molecule has 0 aliphatic heterocycles. The van der Waals surface area contributed by atoms with Crippen LogP contribution in [0.3, 0.4) is 0 Å². The van der Waals surface area contributed by atoms with E-state index < -0.39 is 0 Å². The number of rotatable bonds is 4. The first kappa shape index (κ1) is 14.6. The molecule has 1 aliphatic carbocycles. The molecule has 7 heteroatoms. The summed E-state index contributed by atoms with van der Waals surface area (Å²) in [7, 11) is 0. The second kappa shape index (κ2) is 6.21. The number of carbonyl (C=O) groups excluding carboxylic acids is 1. The second-order valence-electron chi connectivity index (χ2n) is 5.80. The number of aryl methyl sites for hydroxylation is 2. The molecule has 2 atom stereocenters. The number of nitrogens with zero attached hydrogens (tertiary/aromatic N) is 4. The average molecular weight is 301 g/mol. The molecule has 7 nitrogen and oxygen atoms in total. The van der Waals surface area contributed by atoms with E-state index in [1.54, 1.807) is 19.9 Å². The zero-order valence-corrected chi connectivity index (χ0v) is 12.7. The lowest BCUT2D eigenvalue weighted by atomic mass is 10.0. The first-order valence-electron chi connectivity index (χ1n) is 7.50. The number of amides is 1. The molecule has 1 saturated carbocycles. The van der Waals surface area contributed by atoms with Crippen molar-refractivity contribution in [2.45, 2.75) is 45.6 Å². The molecule has 2 heterocycles. The minimum absolute atomic E-state index is 0.0771. The van der Waals surface area contributed by atoms with Crippen molar-refractivity contribution in [3.05, 3.63) is 35.3 Å². The van der Waals surface area contributed by atoms with E-state index in [-0.39, 0.29) is 11.9 Å². The van der Waals surface area contributed by atoms with Gasteiger partial charge in [-0.25, -0.2) is 0 Å². The summed E-state index contributed by atoms with van der Waals surface area (Å²) < 4.78 is 5.42. The Morgan fingerprint density at radius 3 is 2.91 bits per heavy atom. The van der Waals surface area contributed by atoms with Crippen molar-refractivity contribution in [2.24, 2.45) is 5.92 Å². The zero-order valence-electron chi connectivity index (χ0n) is 12.7. The van der Waals surface area contributed by atoms with Crippen LogP contribution < -0.4 is 5.32 Å². The summed E-state index contributed by atoms with van der Waals surface area (Å²) in [5.74, 6) is 1.68. The fourth-order valence-corrected chi connectivity index (χ4v) is 2.96. The third-order valence-corrected chi connectivity index (χ3v) is 4.06. The van der Waals surface area contributed by atoms with E-state index in [4.69, 9.17) is 4.42 Å².